The van der Waals surface area contributed by atoms with Gasteiger partial charge in [0.1, 0.15) is 24.2 Å². The molecular formula is C48H57N7O9. The predicted octanol–water partition coefficient (Wildman–Crippen LogP) is 7.22. The maximum Gasteiger partial charge on any atom is 0.305 e. The van der Waals surface area contributed by atoms with Gasteiger partial charge in [0.25, 0.3) is 0 Å². The van der Waals surface area contributed by atoms with E-state index in [0.29, 0.717) is 90.3 Å². The fraction of sp³-hybridized carbons (Fsp3) is 0.375. The Morgan fingerprint density at radius 3 is 2.09 bits per heavy atom. The lowest BCUT2D eigenvalue weighted by molar-refractivity contribution is -0.138. The van der Waals surface area contributed by atoms with E-state index in [-0.39, 0.29) is 25.2 Å². The minimum atomic E-state index is -1.07. The van der Waals surface area contributed by atoms with Gasteiger partial charge in [-0.2, -0.15) is 0 Å². The van der Waals surface area contributed by atoms with Crippen LogP contribution in [0.2, 0.25) is 0 Å². The first-order chi connectivity index (χ1) is 31.3. The molecule has 338 valence electrons. The summed E-state index contributed by atoms with van der Waals surface area (Å²) in [6.07, 6.45) is 2.31. The van der Waals surface area contributed by atoms with Crippen LogP contribution in [0.15, 0.2) is 114 Å². The highest BCUT2D eigenvalue weighted by atomic mass is 16.6. The molecule has 2 atom stereocenters. The number of nitrogens with zero attached hydrogens (tertiary/aromatic N) is 4. The van der Waals surface area contributed by atoms with Crippen molar-refractivity contribution in [1.82, 2.24) is 15.6 Å². The normalized spacial score (nSPS) is 11.9. The first kappa shape index (κ1) is 48.5. The number of azide groups is 1. The van der Waals surface area contributed by atoms with Gasteiger partial charge in [0, 0.05) is 42.4 Å². The monoisotopic (exact) mass is 875 g/mol. The zero-order valence-corrected chi connectivity index (χ0v) is 36.2. The van der Waals surface area contributed by atoms with Crippen molar-refractivity contribution in [3.8, 4) is 16.9 Å². The molecule has 0 unspecified atom stereocenters. The number of hydrogen-bond donors (Lipinski definition) is 4. The third-order valence-corrected chi connectivity index (χ3v) is 9.94. The summed E-state index contributed by atoms with van der Waals surface area (Å²) < 4.78 is 28.1. The van der Waals surface area contributed by atoms with Crippen molar-refractivity contribution in [3.63, 3.8) is 0 Å². The zero-order chi connectivity index (χ0) is 45.2. The lowest BCUT2D eigenvalue weighted by Gasteiger charge is -2.23. The molecule has 0 radical (unpaired) electrons. The average molecular weight is 876 g/mol. The van der Waals surface area contributed by atoms with Crippen molar-refractivity contribution >= 4 is 34.4 Å². The Kier molecular flexibility index (Phi) is 20.8. The van der Waals surface area contributed by atoms with Gasteiger partial charge in [0.15, 0.2) is 0 Å². The van der Waals surface area contributed by atoms with E-state index in [1.807, 2.05) is 110 Å². The number of carboxylic acid groups (broad SMARTS) is 1. The lowest BCUT2D eigenvalue weighted by Crippen LogP contribution is -2.49. The van der Waals surface area contributed by atoms with Crippen LogP contribution in [0.1, 0.15) is 42.0 Å². The van der Waals surface area contributed by atoms with E-state index in [0.717, 1.165) is 38.8 Å². The molecule has 0 saturated heterocycles. The number of benzene rings is 4. The van der Waals surface area contributed by atoms with Crippen LogP contribution in [0.25, 0.3) is 32.3 Å². The minimum Gasteiger partial charge on any atom is -0.491 e. The number of amides is 2. The molecule has 16 heteroatoms. The van der Waals surface area contributed by atoms with E-state index in [4.69, 9.17) is 29.2 Å². The number of fused-ring (bicyclic) bond motifs is 1. The van der Waals surface area contributed by atoms with E-state index in [1.165, 1.54) is 0 Å². The van der Waals surface area contributed by atoms with E-state index in [1.54, 1.807) is 6.20 Å². The fourth-order valence-electron chi connectivity index (χ4n) is 6.79. The molecule has 4 N–H and O–H groups in total. The van der Waals surface area contributed by atoms with Crippen molar-refractivity contribution in [3.05, 3.63) is 136 Å². The molecule has 0 fully saturated rings. The summed E-state index contributed by atoms with van der Waals surface area (Å²) in [6, 6.07) is 30.7. The van der Waals surface area contributed by atoms with Gasteiger partial charge in [0.2, 0.25) is 11.8 Å². The number of hydrogen-bond acceptors (Lipinski definition) is 11. The number of carbonyl (C=O) groups excluding carboxylic acids is 2. The van der Waals surface area contributed by atoms with Gasteiger partial charge in [-0.25, -0.2) is 4.98 Å². The number of aromatic nitrogens is 1. The molecule has 64 heavy (non-hydrogen) atoms. The van der Waals surface area contributed by atoms with Crippen molar-refractivity contribution in [2.45, 2.75) is 44.7 Å². The molecule has 4 aromatic carbocycles. The van der Waals surface area contributed by atoms with Gasteiger partial charge in [-0.15, -0.1) is 0 Å². The average Bonchev–Trinajstić information content (AvgIpc) is 3.30. The summed E-state index contributed by atoms with van der Waals surface area (Å²) in [4.78, 5) is 46.1. The number of aryl methyl sites for hydroxylation is 1. The van der Waals surface area contributed by atoms with E-state index in [2.05, 4.69) is 31.0 Å². The molecule has 1 aromatic heterocycles. The molecule has 0 aliphatic rings. The number of carboxylic acids is 1. The van der Waals surface area contributed by atoms with Crippen LogP contribution in [0, 0.1) is 6.92 Å². The Morgan fingerprint density at radius 2 is 1.42 bits per heavy atom. The van der Waals surface area contributed by atoms with Gasteiger partial charge in [-0.05, 0) is 70.3 Å². The molecular weight excluding hydrogens is 819 g/mol. The minimum absolute atomic E-state index is 0.185. The Hall–Kier alpha value is -6.55. The first-order valence-electron chi connectivity index (χ1n) is 21.4. The second kappa shape index (κ2) is 27.5. The quantitative estimate of drug-likeness (QED) is 0.0156. The Bertz CT molecular complexity index is 2260. The number of anilines is 1. The molecule has 0 spiro atoms. The van der Waals surface area contributed by atoms with Gasteiger partial charge in [-0.1, -0.05) is 90.0 Å². The van der Waals surface area contributed by atoms with Crippen LogP contribution < -0.4 is 20.7 Å². The maximum atomic E-state index is 13.9. The van der Waals surface area contributed by atoms with Crippen molar-refractivity contribution in [2.75, 3.05) is 77.9 Å². The highest BCUT2D eigenvalue weighted by Crippen LogP contribution is 2.35. The van der Waals surface area contributed by atoms with Crippen LogP contribution in [-0.4, -0.2) is 106 Å². The SMILES string of the molecule is Cc1ccnc(NCCCC(=O)N[C@@H](Cc2ccccc2)C(=O)N[C@@H](CC(=O)O)c2ccc(-c3ccc(OCCOCCOCCOCCOCCN=[N+]=[N-])c4ccccc34)cc2)c1. The van der Waals surface area contributed by atoms with E-state index >= 15 is 0 Å². The topological polar surface area (TPSA) is 215 Å². The second-order valence-electron chi connectivity index (χ2n) is 14.7. The maximum absolute atomic E-state index is 13.9. The van der Waals surface area contributed by atoms with Crippen LogP contribution >= 0.6 is 0 Å². The molecule has 5 rings (SSSR count). The highest BCUT2D eigenvalue weighted by molar-refractivity contribution is 6.00. The number of nitrogens with one attached hydrogen (secondary N) is 3. The fourth-order valence-corrected chi connectivity index (χ4v) is 6.79. The van der Waals surface area contributed by atoms with Gasteiger partial charge in [0.05, 0.1) is 65.3 Å². The molecule has 0 saturated carbocycles. The van der Waals surface area contributed by atoms with Crippen molar-refractivity contribution in [1.29, 1.82) is 0 Å². The third-order valence-electron chi connectivity index (χ3n) is 9.94. The Morgan fingerprint density at radius 1 is 0.766 bits per heavy atom. The first-order valence-corrected chi connectivity index (χ1v) is 21.4. The van der Waals surface area contributed by atoms with E-state index < -0.39 is 24.0 Å². The molecule has 0 aliphatic heterocycles. The Labute approximate surface area is 373 Å². The summed E-state index contributed by atoms with van der Waals surface area (Å²) in [6.45, 7) is 6.45. The number of aliphatic carboxylic acids is 1. The number of ether oxygens (including phenoxy) is 5. The van der Waals surface area contributed by atoms with Crippen molar-refractivity contribution < 1.29 is 43.2 Å². The third kappa shape index (κ3) is 17.0. The van der Waals surface area contributed by atoms with Crippen LogP contribution in [0.5, 0.6) is 5.75 Å². The number of rotatable bonds is 30. The van der Waals surface area contributed by atoms with Gasteiger partial charge >= 0.3 is 5.97 Å². The standard InChI is InChI=1S/C48H57N7O9/c1-35-19-21-51-45(32-35)50-20-7-12-46(56)53-43(33-36-8-3-2-4-9-36)48(59)54-42(34-47(57)58)38-15-13-37(14-16-38)39-17-18-44(41-11-6-5-10-40(39)41)64-31-30-63-29-28-62-27-26-61-25-24-60-23-22-52-55-49/h2-6,8-11,13-19,21,32,42-43H,7,12,20,22-31,33-34H2,1H3,(H,50,51)(H,53,56)(H,54,59)(H,57,58)/t42-,43-/m0/s1. The van der Waals surface area contributed by atoms with Crippen LogP contribution in [0.4, 0.5) is 5.82 Å². The number of pyridine rings is 1. The molecule has 0 aliphatic carbocycles. The highest BCUT2D eigenvalue weighted by Gasteiger charge is 2.26. The molecule has 0 bridgehead atoms. The van der Waals surface area contributed by atoms with Crippen LogP contribution in [-0.2, 0) is 39.8 Å². The summed E-state index contributed by atoms with van der Waals surface area (Å²) >= 11 is 0. The predicted molar refractivity (Wildman–Crippen MR) is 244 cm³/mol. The van der Waals surface area contributed by atoms with Gasteiger partial charge in [-0.3, -0.25) is 14.4 Å². The summed E-state index contributed by atoms with van der Waals surface area (Å²) in [5.41, 5.74) is 12.6. The molecule has 16 nitrogen and oxygen atoms in total. The van der Waals surface area contributed by atoms with Crippen molar-refractivity contribution in [2.24, 2.45) is 5.11 Å². The number of carbonyl (C=O) groups is 3. The second-order valence-corrected chi connectivity index (χ2v) is 14.7. The molecule has 1 heterocycles. The zero-order valence-electron chi connectivity index (χ0n) is 36.2. The largest absolute Gasteiger partial charge is 0.491 e. The van der Waals surface area contributed by atoms with Crippen LogP contribution in [0.3, 0.4) is 0 Å². The molecule has 5 aromatic rings. The summed E-state index contributed by atoms with van der Waals surface area (Å²) in [5.74, 6) is -0.390. The molecule has 2 amide bonds. The van der Waals surface area contributed by atoms with E-state index in [9.17, 15) is 19.5 Å². The van der Waals surface area contributed by atoms with Gasteiger partial charge < -0.3 is 44.7 Å². The summed E-state index contributed by atoms with van der Waals surface area (Å²) in [7, 11) is 0. The lowest BCUT2D eigenvalue weighted by atomic mass is 9.95. The summed E-state index contributed by atoms with van der Waals surface area (Å²) in [5, 5.41) is 24.2. The Balaban J connectivity index is 1.13. The smallest absolute Gasteiger partial charge is 0.305 e.